The summed E-state index contributed by atoms with van der Waals surface area (Å²) in [6.07, 6.45) is 2.40. The largest absolute Gasteiger partial charge is 0.497 e. The number of aromatic nitrogens is 2. The third-order valence-electron chi connectivity index (χ3n) is 4.15. The van der Waals surface area contributed by atoms with E-state index in [0.717, 1.165) is 36.4 Å². The summed E-state index contributed by atoms with van der Waals surface area (Å²) in [6, 6.07) is 5.70. The molecule has 0 aliphatic carbocycles. The number of hydrogen-bond acceptors (Lipinski definition) is 3. The van der Waals surface area contributed by atoms with Crippen LogP contribution in [0.25, 0.3) is 11.0 Å². The highest BCUT2D eigenvalue weighted by atomic mass is 16.5. The number of nitrogens with zero attached hydrogens (tertiary/aromatic N) is 2. The number of H-pyrrole nitrogens is 1. The van der Waals surface area contributed by atoms with Gasteiger partial charge in [-0.3, -0.25) is 4.57 Å². The molecular formula is C15H21N3O2. The van der Waals surface area contributed by atoms with E-state index in [0.29, 0.717) is 5.92 Å². The molecule has 0 amide bonds. The van der Waals surface area contributed by atoms with Gasteiger partial charge in [-0.25, -0.2) is 4.79 Å². The molecule has 1 fully saturated rings. The molecular weight excluding hydrogens is 254 g/mol. The Bertz CT molecular complexity index is 659. The van der Waals surface area contributed by atoms with Crippen LogP contribution in [0.1, 0.15) is 12.8 Å². The zero-order valence-electron chi connectivity index (χ0n) is 12.1. The Balaban J connectivity index is 1.93. The van der Waals surface area contributed by atoms with Gasteiger partial charge in [-0.1, -0.05) is 0 Å². The lowest BCUT2D eigenvalue weighted by molar-refractivity contribution is 0.194. The lowest BCUT2D eigenvalue weighted by Gasteiger charge is -2.29. The normalized spacial score (nSPS) is 20.4. The third-order valence-corrected chi connectivity index (χ3v) is 4.15. The van der Waals surface area contributed by atoms with E-state index in [1.165, 1.54) is 12.8 Å². The number of rotatable bonds is 3. The Morgan fingerprint density at radius 2 is 2.30 bits per heavy atom. The van der Waals surface area contributed by atoms with Crippen molar-refractivity contribution in [3.8, 4) is 5.75 Å². The minimum atomic E-state index is -0.0264. The fourth-order valence-electron chi connectivity index (χ4n) is 3.12. The fourth-order valence-corrected chi connectivity index (χ4v) is 3.12. The molecule has 2 heterocycles. The van der Waals surface area contributed by atoms with Gasteiger partial charge in [-0.05, 0) is 44.5 Å². The molecule has 1 unspecified atom stereocenters. The zero-order chi connectivity index (χ0) is 14.1. The second-order valence-corrected chi connectivity index (χ2v) is 5.69. The van der Waals surface area contributed by atoms with Crippen LogP contribution in [0.5, 0.6) is 5.75 Å². The summed E-state index contributed by atoms with van der Waals surface area (Å²) in [5.41, 5.74) is 1.78. The lowest BCUT2D eigenvalue weighted by Crippen LogP contribution is -2.35. The number of imidazole rings is 1. The van der Waals surface area contributed by atoms with Gasteiger partial charge >= 0.3 is 5.69 Å². The van der Waals surface area contributed by atoms with Crippen LogP contribution in [0.4, 0.5) is 0 Å². The van der Waals surface area contributed by atoms with Gasteiger partial charge < -0.3 is 14.6 Å². The summed E-state index contributed by atoms with van der Waals surface area (Å²) < 4.78 is 7.10. The van der Waals surface area contributed by atoms with Crippen molar-refractivity contribution < 1.29 is 4.74 Å². The maximum atomic E-state index is 12.1. The number of benzene rings is 1. The van der Waals surface area contributed by atoms with E-state index in [-0.39, 0.29) is 5.69 Å². The summed E-state index contributed by atoms with van der Waals surface area (Å²) in [4.78, 5) is 17.4. The summed E-state index contributed by atoms with van der Waals surface area (Å²) >= 11 is 0. The predicted molar refractivity (Wildman–Crippen MR) is 79.3 cm³/mol. The first-order valence-electron chi connectivity index (χ1n) is 7.12. The van der Waals surface area contributed by atoms with Gasteiger partial charge in [0.25, 0.3) is 0 Å². The quantitative estimate of drug-likeness (QED) is 0.927. The standard InChI is InChI=1S/C15H21N3O2/c1-17-7-3-4-11(9-17)10-18-14-8-12(20-2)5-6-13(14)16-15(18)19/h5-6,8,11H,3-4,7,9-10H2,1-2H3,(H,16,19). The van der Waals surface area contributed by atoms with E-state index in [1.807, 2.05) is 22.8 Å². The first-order chi connectivity index (χ1) is 9.67. The lowest BCUT2D eigenvalue weighted by atomic mass is 9.98. The number of aromatic amines is 1. The number of fused-ring (bicyclic) bond motifs is 1. The van der Waals surface area contributed by atoms with E-state index in [4.69, 9.17) is 4.74 Å². The number of likely N-dealkylation sites (tertiary alicyclic amines) is 1. The Morgan fingerprint density at radius 3 is 3.05 bits per heavy atom. The molecule has 1 aliphatic rings. The van der Waals surface area contributed by atoms with Crippen LogP contribution in [0.3, 0.4) is 0 Å². The van der Waals surface area contributed by atoms with Gasteiger partial charge in [0.15, 0.2) is 0 Å². The average molecular weight is 275 g/mol. The summed E-state index contributed by atoms with van der Waals surface area (Å²) in [5.74, 6) is 1.32. The minimum Gasteiger partial charge on any atom is -0.497 e. The number of nitrogens with one attached hydrogen (secondary N) is 1. The average Bonchev–Trinajstić information content (AvgIpc) is 2.74. The monoisotopic (exact) mass is 275 g/mol. The smallest absolute Gasteiger partial charge is 0.326 e. The van der Waals surface area contributed by atoms with E-state index in [2.05, 4.69) is 16.9 Å². The predicted octanol–water partition coefficient (Wildman–Crippen LogP) is 1.68. The first-order valence-corrected chi connectivity index (χ1v) is 7.12. The Labute approximate surface area is 118 Å². The summed E-state index contributed by atoms with van der Waals surface area (Å²) in [5, 5.41) is 0. The topological polar surface area (TPSA) is 50.3 Å². The van der Waals surface area contributed by atoms with E-state index in [9.17, 15) is 4.79 Å². The summed E-state index contributed by atoms with van der Waals surface area (Å²) in [6.45, 7) is 2.99. The number of methoxy groups -OCH3 is 1. The molecule has 5 heteroatoms. The van der Waals surface area contributed by atoms with Crippen LogP contribution < -0.4 is 10.4 Å². The summed E-state index contributed by atoms with van der Waals surface area (Å²) in [7, 11) is 3.79. The fraction of sp³-hybridized carbons (Fsp3) is 0.533. The van der Waals surface area contributed by atoms with Crippen LogP contribution in [0, 0.1) is 5.92 Å². The van der Waals surface area contributed by atoms with Crippen molar-refractivity contribution >= 4 is 11.0 Å². The van der Waals surface area contributed by atoms with E-state index < -0.39 is 0 Å². The Kier molecular flexibility index (Phi) is 3.53. The van der Waals surface area contributed by atoms with Gasteiger partial charge in [0.2, 0.25) is 0 Å². The van der Waals surface area contributed by atoms with Crippen molar-refractivity contribution in [2.45, 2.75) is 19.4 Å². The SMILES string of the molecule is COc1ccc2[nH]c(=O)n(CC3CCCN(C)C3)c2c1. The maximum absolute atomic E-state index is 12.1. The molecule has 1 aliphatic heterocycles. The van der Waals surface area contributed by atoms with Crippen molar-refractivity contribution in [1.29, 1.82) is 0 Å². The molecule has 0 radical (unpaired) electrons. The molecule has 20 heavy (non-hydrogen) atoms. The molecule has 1 saturated heterocycles. The number of hydrogen-bond donors (Lipinski definition) is 1. The molecule has 1 aromatic carbocycles. The molecule has 2 aromatic rings. The van der Waals surface area contributed by atoms with Crippen LogP contribution in [-0.2, 0) is 6.54 Å². The molecule has 1 aromatic heterocycles. The van der Waals surface area contributed by atoms with Crippen molar-refractivity contribution in [2.75, 3.05) is 27.2 Å². The highest BCUT2D eigenvalue weighted by Gasteiger charge is 2.19. The molecule has 108 valence electrons. The highest BCUT2D eigenvalue weighted by Crippen LogP contribution is 2.21. The van der Waals surface area contributed by atoms with Gasteiger partial charge in [-0.2, -0.15) is 0 Å². The second kappa shape index (κ2) is 5.32. The highest BCUT2D eigenvalue weighted by molar-refractivity contribution is 5.77. The molecule has 0 bridgehead atoms. The maximum Gasteiger partial charge on any atom is 0.326 e. The van der Waals surface area contributed by atoms with E-state index >= 15 is 0 Å². The molecule has 0 saturated carbocycles. The van der Waals surface area contributed by atoms with Crippen LogP contribution in [0.15, 0.2) is 23.0 Å². The molecule has 0 spiro atoms. The second-order valence-electron chi connectivity index (χ2n) is 5.69. The number of ether oxygens (including phenoxy) is 1. The van der Waals surface area contributed by atoms with Gasteiger partial charge in [0.1, 0.15) is 5.75 Å². The van der Waals surface area contributed by atoms with E-state index in [1.54, 1.807) is 7.11 Å². The molecule has 3 rings (SSSR count). The third kappa shape index (κ3) is 2.45. The number of piperidine rings is 1. The van der Waals surface area contributed by atoms with Gasteiger partial charge in [0, 0.05) is 19.2 Å². The molecule has 1 atom stereocenters. The van der Waals surface area contributed by atoms with Crippen LogP contribution >= 0.6 is 0 Å². The molecule has 5 nitrogen and oxygen atoms in total. The van der Waals surface area contributed by atoms with Gasteiger partial charge in [0.05, 0.1) is 18.1 Å². The first kappa shape index (κ1) is 13.2. The molecule has 1 N–H and O–H groups in total. The zero-order valence-corrected chi connectivity index (χ0v) is 12.1. The van der Waals surface area contributed by atoms with Crippen molar-refractivity contribution in [3.05, 3.63) is 28.7 Å². The Hall–Kier alpha value is -1.75. The Morgan fingerprint density at radius 1 is 1.45 bits per heavy atom. The minimum absolute atomic E-state index is 0.0264. The van der Waals surface area contributed by atoms with Crippen molar-refractivity contribution in [1.82, 2.24) is 14.5 Å². The van der Waals surface area contributed by atoms with Gasteiger partial charge in [-0.15, -0.1) is 0 Å². The van der Waals surface area contributed by atoms with Crippen LogP contribution in [-0.4, -0.2) is 41.7 Å². The van der Waals surface area contributed by atoms with Crippen molar-refractivity contribution in [3.63, 3.8) is 0 Å². The van der Waals surface area contributed by atoms with Crippen molar-refractivity contribution in [2.24, 2.45) is 5.92 Å². The van der Waals surface area contributed by atoms with Crippen LogP contribution in [0.2, 0.25) is 0 Å².